The van der Waals surface area contributed by atoms with E-state index in [1.165, 1.54) is 11.1 Å². The molecule has 0 fully saturated rings. The fraction of sp³-hybridized carbons (Fsp3) is 0.217. The molecule has 0 aliphatic rings. The molecule has 0 radical (unpaired) electrons. The SMILES string of the molecule is CCN(Cc1ccccc1)C(=O)c1ccc(Nc2ccc(C)cc2C)cn1. The van der Waals surface area contributed by atoms with Crippen LogP contribution >= 0.6 is 0 Å². The van der Waals surface area contributed by atoms with Gasteiger partial charge in [0.15, 0.2) is 0 Å². The molecule has 0 aliphatic heterocycles. The third-order valence-corrected chi connectivity index (χ3v) is 4.53. The van der Waals surface area contributed by atoms with E-state index in [0.29, 0.717) is 18.8 Å². The quantitative estimate of drug-likeness (QED) is 0.665. The monoisotopic (exact) mass is 359 g/mol. The predicted molar refractivity (Wildman–Crippen MR) is 110 cm³/mol. The zero-order valence-electron chi connectivity index (χ0n) is 16.1. The lowest BCUT2D eigenvalue weighted by atomic mass is 10.1. The summed E-state index contributed by atoms with van der Waals surface area (Å²) in [7, 11) is 0. The highest BCUT2D eigenvalue weighted by Gasteiger charge is 2.15. The maximum atomic E-state index is 12.8. The summed E-state index contributed by atoms with van der Waals surface area (Å²) in [4.78, 5) is 19.0. The molecular formula is C23H25N3O. The minimum Gasteiger partial charge on any atom is -0.354 e. The third-order valence-electron chi connectivity index (χ3n) is 4.53. The lowest BCUT2D eigenvalue weighted by Crippen LogP contribution is -2.30. The van der Waals surface area contributed by atoms with Crippen molar-refractivity contribution in [2.24, 2.45) is 0 Å². The number of aromatic nitrogens is 1. The van der Waals surface area contributed by atoms with Gasteiger partial charge in [0.25, 0.3) is 5.91 Å². The van der Waals surface area contributed by atoms with E-state index in [1.807, 2.05) is 43.3 Å². The average molecular weight is 359 g/mol. The number of hydrogen-bond acceptors (Lipinski definition) is 3. The highest BCUT2D eigenvalue weighted by Crippen LogP contribution is 2.21. The van der Waals surface area contributed by atoms with Crippen molar-refractivity contribution in [1.82, 2.24) is 9.88 Å². The van der Waals surface area contributed by atoms with Gasteiger partial charge in [-0.2, -0.15) is 0 Å². The normalized spacial score (nSPS) is 10.5. The van der Waals surface area contributed by atoms with Gasteiger partial charge in [-0.15, -0.1) is 0 Å². The van der Waals surface area contributed by atoms with Crippen LogP contribution in [0.25, 0.3) is 0 Å². The molecule has 1 N–H and O–H groups in total. The molecule has 0 spiro atoms. The highest BCUT2D eigenvalue weighted by atomic mass is 16.2. The number of nitrogens with zero attached hydrogens (tertiary/aromatic N) is 2. The molecule has 3 rings (SSSR count). The highest BCUT2D eigenvalue weighted by molar-refractivity contribution is 5.92. The Labute approximate surface area is 160 Å². The van der Waals surface area contributed by atoms with Crippen molar-refractivity contribution < 1.29 is 4.79 Å². The Hall–Kier alpha value is -3.14. The number of anilines is 2. The van der Waals surface area contributed by atoms with Crippen LogP contribution in [0.5, 0.6) is 0 Å². The minimum absolute atomic E-state index is 0.0561. The number of benzene rings is 2. The number of nitrogens with one attached hydrogen (secondary N) is 1. The van der Waals surface area contributed by atoms with Crippen molar-refractivity contribution in [1.29, 1.82) is 0 Å². The number of amides is 1. The fourth-order valence-electron chi connectivity index (χ4n) is 3.00. The Morgan fingerprint density at radius 1 is 1.04 bits per heavy atom. The first-order chi connectivity index (χ1) is 13.1. The molecule has 0 aliphatic carbocycles. The molecule has 2 aromatic carbocycles. The number of aryl methyl sites for hydroxylation is 2. The van der Waals surface area contributed by atoms with E-state index in [4.69, 9.17) is 0 Å². The van der Waals surface area contributed by atoms with Crippen LogP contribution in [0.15, 0.2) is 66.9 Å². The fourth-order valence-corrected chi connectivity index (χ4v) is 3.00. The first-order valence-electron chi connectivity index (χ1n) is 9.20. The van der Waals surface area contributed by atoms with Crippen LogP contribution in [0.1, 0.15) is 34.1 Å². The predicted octanol–water partition coefficient (Wildman–Crippen LogP) is 5.10. The standard InChI is InChI=1S/C23H25N3O/c1-4-26(16-19-8-6-5-7-9-19)23(27)22-13-11-20(15-24-22)25-21-12-10-17(2)14-18(21)3/h5-15,25H,4,16H2,1-3H3. The summed E-state index contributed by atoms with van der Waals surface area (Å²) in [5.74, 6) is -0.0561. The Bertz CT molecular complexity index is 905. The van der Waals surface area contributed by atoms with Crippen LogP contribution in [-0.2, 0) is 6.54 Å². The van der Waals surface area contributed by atoms with E-state index >= 15 is 0 Å². The van der Waals surface area contributed by atoms with Gasteiger partial charge in [0.1, 0.15) is 5.69 Å². The molecule has 3 aromatic rings. The molecule has 4 nitrogen and oxygen atoms in total. The van der Waals surface area contributed by atoms with Crippen molar-refractivity contribution in [3.63, 3.8) is 0 Å². The van der Waals surface area contributed by atoms with Gasteiger partial charge in [-0.25, -0.2) is 4.98 Å². The molecule has 0 saturated heterocycles. The van der Waals surface area contributed by atoms with Gasteiger partial charge in [0.2, 0.25) is 0 Å². The first-order valence-corrected chi connectivity index (χ1v) is 9.20. The van der Waals surface area contributed by atoms with Gasteiger partial charge in [-0.3, -0.25) is 4.79 Å². The molecule has 1 amide bonds. The zero-order chi connectivity index (χ0) is 19.2. The second-order valence-corrected chi connectivity index (χ2v) is 6.68. The number of pyridine rings is 1. The molecule has 0 bridgehead atoms. The van der Waals surface area contributed by atoms with Gasteiger partial charge in [-0.05, 0) is 50.1 Å². The summed E-state index contributed by atoms with van der Waals surface area (Å²) in [5, 5.41) is 3.36. The number of hydrogen-bond donors (Lipinski definition) is 1. The lowest BCUT2D eigenvalue weighted by Gasteiger charge is -2.20. The topological polar surface area (TPSA) is 45.2 Å². The molecule has 1 heterocycles. The minimum atomic E-state index is -0.0561. The van der Waals surface area contributed by atoms with Crippen molar-refractivity contribution in [2.75, 3.05) is 11.9 Å². The number of carbonyl (C=O) groups excluding carboxylic acids is 1. The van der Waals surface area contributed by atoms with Gasteiger partial charge < -0.3 is 10.2 Å². The largest absolute Gasteiger partial charge is 0.354 e. The Balaban J connectivity index is 1.70. The van der Waals surface area contributed by atoms with Crippen LogP contribution in [-0.4, -0.2) is 22.3 Å². The summed E-state index contributed by atoms with van der Waals surface area (Å²) in [6, 6.07) is 19.9. The van der Waals surface area contributed by atoms with Crippen LogP contribution in [0.4, 0.5) is 11.4 Å². The van der Waals surface area contributed by atoms with Crippen molar-refractivity contribution >= 4 is 17.3 Å². The molecule has 138 valence electrons. The van der Waals surface area contributed by atoms with Crippen LogP contribution < -0.4 is 5.32 Å². The Kier molecular flexibility index (Phi) is 5.87. The summed E-state index contributed by atoms with van der Waals surface area (Å²) in [5.41, 5.74) is 5.88. The van der Waals surface area contributed by atoms with Crippen molar-refractivity contribution in [3.05, 3.63) is 89.2 Å². The summed E-state index contributed by atoms with van der Waals surface area (Å²) >= 11 is 0. The molecule has 1 aromatic heterocycles. The maximum absolute atomic E-state index is 12.8. The molecule has 0 atom stereocenters. The van der Waals surface area contributed by atoms with Crippen LogP contribution in [0.3, 0.4) is 0 Å². The van der Waals surface area contributed by atoms with Crippen molar-refractivity contribution in [2.45, 2.75) is 27.3 Å². The Morgan fingerprint density at radius 3 is 2.44 bits per heavy atom. The van der Waals surface area contributed by atoms with Crippen LogP contribution in [0.2, 0.25) is 0 Å². The first kappa shape index (κ1) is 18.6. The van der Waals surface area contributed by atoms with Gasteiger partial charge in [0.05, 0.1) is 11.9 Å². The maximum Gasteiger partial charge on any atom is 0.272 e. The summed E-state index contributed by atoms with van der Waals surface area (Å²) < 4.78 is 0. The number of rotatable bonds is 6. The van der Waals surface area contributed by atoms with E-state index in [-0.39, 0.29) is 5.91 Å². The van der Waals surface area contributed by atoms with Gasteiger partial charge in [-0.1, -0.05) is 48.0 Å². The summed E-state index contributed by atoms with van der Waals surface area (Å²) in [6.07, 6.45) is 1.71. The van der Waals surface area contributed by atoms with E-state index < -0.39 is 0 Å². The van der Waals surface area contributed by atoms with Crippen LogP contribution in [0, 0.1) is 13.8 Å². The zero-order valence-corrected chi connectivity index (χ0v) is 16.1. The van der Waals surface area contributed by atoms with Gasteiger partial charge in [0, 0.05) is 18.8 Å². The number of carbonyl (C=O) groups is 1. The van der Waals surface area contributed by atoms with E-state index in [1.54, 1.807) is 17.2 Å². The smallest absolute Gasteiger partial charge is 0.272 e. The average Bonchev–Trinajstić information content (AvgIpc) is 2.69. The van der Waals surface area contributed by atoms with E-state index in [0.717, 1.165) is 16.9 Å². The lowest BCUT2D eigenvalue weighted by molar-refractivity contribution is 0.0746. The molecule has 27 heavy (non-hydrogen) atoms. The molecule has 4 heteroatoms. The molecule has 0 saturated carbocycles. The van der Waals surface area contributed by atoms with Crippen molar-refractivity contribution in [3.8, 4) is 0 Å². The summed E-state index contributed by atoms with van der Waals surface area (Å²) in [6.45, 7) is 7.35. The van der Waals surface area contributed by atoms with Gasteiger partial charge >= 0.3 is 0 Å². The molecular weight excluding hydrogens is 334 g/mol. The second-order valence-electron chi connectivity index (χ2n) is 6.68. The van der Waals surface area contributed by atoms with E-state index in [2.05, 4.69) is 42.3 Å². The Morgan fingerprint density at radius 2 is 1.81 bits per heavy atom. The molecule has 0 unspecified atom stereocenters. The second kappa shape index (κ2) is 8.49. The third kappa shape index (κ3) is 4.73. The van der Waals surface area contributed by atoms with E-state index in [9.17, 15) is 4.79 Å².